The normalized spacial score (nSPS) is 16.1. The van der Waals surface area contributed by atoms with Crippen molar-refractivity contribution in [1.29, 1.82) is 5.26 Å². The first-order valence-corrected chi connectivity index (χ1v) is 10.7. The number of rotatable bonds is 7. The fraction of sp³-hybridized carbons (Fsp3) is 0.333. The monoisotopic (exact) mass is 437 g/mol. The third kappa shape index (κ3) is 4.64. The number of anilines is 1. The summed E-state index contributed by atoms with van der Waals surface area (Å²) >= 11 is 4.58. The predicted molar refractivity (Wildman–Crippen MR) is 124 cm³/mol. The molecule has 31 heavy (non-hydrogen) atoms. The zero-order valence-corrected chi connectivity index (χ0v) is 19.1. The number of benzene rings is 2. The first-order valence-electron chi connectivity index (χ1n) is 10.2. The maximum atomic E-state index is 12.6. The third-order valence-corrected chi connectivity index (χ3v) is 5.63. The van der Waals surface area contributed by atoms with Crippen LogP contribution in [0.2, 0.25) is 0 Å². The first kappa shape index (κ1) is 22.6. The maximum absolute atomic E-state index is 12.6. The number of aryl methyl sites for hydroxylation is 2. The van der Waals surface area contributed by atoms with Gasteiger partial charge >= 0.3 is 0 Å². The summed E-state index contributed by atoms with van der Waals surface area (Å²) in [5.74, 6) is 0.777. The van der Waals surface area contributed by atoms with Crippen LogP contribution in [0.1, 0.15) is 42.6 Å². The molecule has 6 nitrogen and oxygen atoms in total. The number of ether oxygens (including phenoxy) is 2. The topological polar surface area (TPSA) is 74.6 Å². The fourth-order valence-electron chi connectivity index (χ4n) is 3.57. The summed E-state index contributed by atoms with van der Waals surface area (Å²) in [4.78, 5) is 14.5. The minimum Gasteiger partial charge on any atom is -0.493 e. The molecule has 0 saturated carbocycles. The number of nitrogens with zero attached hydrogens (tertiary/aromatic N) is 2. The van der Waals surface area contributed by atoms with E-state index >= 15 is 0 Å². The van der Waals surface area contributed by atoms with E-state index in [1.165, 1.54) is 0 Å². The van der Waals surface area contributed by atoms with Crippen LogP contribution in [-0.4, -0.2) is 19.6 Å². The molecule has 1 heterocycles. The molecule has 1 unspecified atom stereocenters. The van der Waals surface area contributed by atoms with Crippen LogP contribution in [0.25, 0.3) is 0 Å². The summed E-state index contributed by atoms with van der Waals surface area (Å²) in [7, 11) is 1.59. The van der Waals surface area contributed by atoms with Crippen LogP contribution in [0.3, 0.4) is 0 Å². The van der Waals surface area contributed by atoms with Crippen molar-refractivity contribution < 1.29 is 14.3 Å². The van der Waals surface area contributed by atoms with Crippen molar-refractivity contribution in [3.05, 3.63) is 63.7 Å². The molecule has 0 radical (unpaired) electrons. The van der Waals surface area contributed by atoms with E-state index < -0.39 is 12.1 Å². The van der Waals surface area contributed by atoms with Crippen LogP contribution in [0.15, 0.2) is 47.0 Å². The van der Waals surface area contributed by atoms with E-state index in [1.807, 2.05) is 55.1 Å². The molecule has 2 aromatic rings. The van der Waals surface area contributed by atoms with E-state index in [0.717, 1.165) is 35.2 Å². The SMILES string of the molecule is CCCCOc1ccc(C2NC(=O)C(C#N)=C(S)N2c2ccc(C)cc2C)cc1OC. The Balaban J connectivity index is 2.08. The smallest absolute Gasteiger partial charge is 0.266 e. The molecule has 3 rings (SSSR count). The second kappa shape index (κ2) is 9.80. The largest absolute Gasteiger partial charge is 0.493 e. The summed E-state index contributed by atoms with van der Waals surface area (Å²) in [6.45, 7) is 6.73. The van der Waals surface area contributed by atoms with Crippen LogP contribution in [-0.2, 0) is 4.79 Å². The van der Waals surface area contributed by atoms with Crippen molar-refractivity contribution in [2.24, 2.45) is 0 Å². The second-order valence-corrected chi connectivity index (χ2v) is 7.88. The Morgan fingerprint density at radius 1 is 1.19 bits per heavy atom. The number of amides is 1. The Kier molecular flexibility index (Phi) is 7.13. The van der Waals surface area contributed by atoms with Crippen molar-refractivity contribution in [1.82, 2.24) is 5.32 Å². The Labute approximate surface area is 188 Å². The van der Waals surface area contributed by atoms with Crippen molar-refractivity contribution in [3.8, 4) is 17.6 Å². The summed E-state index contributed by atoms with van der Waals surface area (Å²) in [5.41, 5.74) is 3.76. The lowest BCUT2D eigenvalue weighted by molar-refractivity contribution is -0.118. The summed E-state index contributed by atoms with van der Waals surface area (Å²) in [5, 5.41) is 12.8. The van der Waals surface area contributed by atoms with Crippen molar-refractivity contribution in [2.75, 3.05) is 18.6 Å². The molecular weight excluding hydrogens is 410 g/mol. The molecule has 1 N–H and O–H groups in total. The number of carbonyl (C=O) groups excluding carboxylic acids is 1. The second-order valence-electron chi connectivity index (χ2n) is 7.46. The minimum absolute atomic E-state index is 0.0222. The van der Waals surface area contributed by atoms with Gasteiger partial charge in [0.15, 0.2) is 11.5 Å². The Hall–Kier alpha value is -3.11. The van der Waals surface area contributed by atoms with Gasteiger partial charge in [0.25, 0.3) is 5.91 Å². The van der Waals surface area contributed by atoms with Gasteiger partial charge in [0, 0.05) is 5.69 Å². The van der Waals surface area contributed by atoms with Crippen LogP contribution >= 0.6 is 12.6 Å². The molecule has 2 aromatic carbocycles. The van der Waals surface area contributed by atoms with Crippen LogP contribution in [0.4, 0.5) is 5.69 Å². The highest BCUT2D eigenvalue weighted by Crippen LogP contribution is 2.39. The lowest BCUT2D eigenvalue weighted by Crippen LogP contribution is -2.46. The molecule has 0 aliphatic carbocycles. The molecule has 7 heteroatoms. The third-order valence-electron chi connectivity index (χ3n) is 5.19. The molecule has 0 bridgehead atoms. The van der Waals surface area contributed by atoms with E-state index in [-0.39, 0.29) is 5.57 Å². The Bertz CT molecular complexity index is 1060. The molecule has 162 valence electrons. The van der Waals surface area contributed by atoms with Gasteiger partial charge < -0.3 is 19.7 Å². The maximum Gasteiger partial charge on any atom is 0.266 e. The molecule has 1 amide bonds. The minimum atomic E-state index is -0.558. The lowest BCUT2D eigenvalue weighted by Gasteiger charge is -2.39. The highest BCUT2D eigenvalue weighted by atomic mass is 32.1. The lowest BCUT2D eigenvalue weighted by atomic mass is 10.0. The van der Waals surface area contributed by atoms with Gasteiger partial charge in [0.1, 0.15) is 17.8 Å². The quantitative estimate of drug-likeness (QED) is 0.481. The average Bonchev–Trinajstić information content (AvgIpc) is 2.75. The molecular formula is C24H27N3O3S. The number of thiol groups is 1. The molecule has 0 aromatic heterocycles. The first-order chi connectivity index (χ1) is 14.9. The van der Waals surface area contributed by atoms with Crippen LogP contribution in [0.5, 0.6) is 11.5 Å². The summed E-state index contributed by atoms with van der Waals surface area (Å²) in [6.07, 6.45) is 1.43. The highest BCUT2D eigenvalue weighted by molar-refractivity contribution is 7.84. The molecule has 0 saturated heterocycles. The van der Waals surface area contributed by atoms with Gasteiger partial charge in [-0.15, -0.1) is 12.6 Å². The number of methoxy groups -OCH3 is 1. The summed E-state index contributed by atoms with van der Waals surface area (Å²) in [6, 6.07) is 13.6. The Morgan fingerprint density at radius 3 is 2.61 bits per heavy atom. The van der Waals surface area contributed by atoms with Gasteiger partial charge in [-0.1, -0.05) is 37.1 Å². The molecule has 1 atom stereocenters. The van der Waals surface area contributed by atoms with E-state index in [1.54, 1.807) is 7.11 Å². The predicted octanol–water partition coefficient (Wildman–Crippen LogP) is 4.79. The Morgan fingerprint density at radius 2 is 1.97 bits per heavy atom. The van der Waals surface area contributed by atoms with E-state index in [4.69, 9.17) is 9.47 Å². The van der Waals surface area contributed by atoms with Gasteiger partial charge in [-0.2, -0.15) is 5.26 Å². The number of nitriles is 1. The zero-order chi connectivity index (χ0) is 22.5. The van der Waals surface area contributed by atoms with Gasteiger partial charge in [-0.3, -0.25) is 4.79 Å². The van der Waals surface area contributed by atoms with Crippen LogP contribution < -0.4 is 19.7 Å². The molecule has 0 spiro atoms. The average molecular weight is 438 g/mol. The fourth-order valence-corrected chi connectivity index (χ4v) is 3.94. The van der Waals surface area contributed by atoms with Gasteiger partial charge in [-0.05, 0) is 49.6 Å². The number of hydrogen-bond acceptors (Lipinski definition) is 6. The number of carbonyl (C=O) groups is 1. The molecule has 0 fully saturated rings. The number of unbranched alkanes of at least 4 members (excludes halogenated alkanes) is 1. The van der Waals surface area contributed by atoms with Crippen LogP contribution in [0, 0.1) is 25.2 Å². The van der Waals surface area contributed by atoms with E-state index in [2.05, 4.69) is 30.9 Å². The number of hydrogen-bond donors (Lipinski definition) is 2. The van der Waals surface area contributed by atoms with Gasteiger partial charge in [0.2, 0.25) is 0 Å². The van der Waals surface area contributed by atoms with Gasteiger partial charge in [-0.25, -0.2) is 0 Å². The molecule has 1 aliphatic heterocycles. The highest BCUT2D eigenvalue weighted by Gasteiger charge is 2.35. The molecule has 1 aliphatic rings. The van der Waals surface area contributed by atoms with E-state index in [0.29, 0.717) is 23.1 Å². The standard InChI is InChI=1S/C24H27N3O3S/c1-5-6-11-30-20-10-8-17(13-21(20)29-4)22-26-23(28)18(14-25)24(31)27(22)19-9-7-15(2)12-16(19)3/h7-10,12-13,22,31H,5-6,11H2,1-4H3,(H,26,28). The van der Waals surface area contributed by atoms with Crippen molar-refractivity contribution >= 4 is 24.2 Å². The number of nitrogens with one attached hydrogen (secondary N) is 1. The van der Waals surface area contributed by atoms with Gasteiger partial charge in [0.05, 0.1) is 18.7 Å². The van der Waals surface area contributed by atoms with Crippen molar-refractivity contribution in [2.45, 2.75) is 39.8 Å². The zero-order valence-electron chi connectivity index (χ0n) is 18.2. The van der Waals surface area contributed by atoms with E-state index in [9.17, 15) is 10.1 Å². The summed E-state index contributed by atoms with van der Waals surface area (Å²) < 4.78 is 11.4. The van der Waals surface area contributed by atoms with Crippen molar-refractivity contribution in [3.63, 3.8) is 0 Å².